The first-order valence-corrected chi connectivity index (χ1v) is 13.9. The SMILES string of the molecule is OC(COc1c2c(c(OCC(O)c3ccccc3)c3ccccc13)CC(Oc1ccccc1)=CC2)c1ccccc1. The maximum atomic E-state index is 10.9. The Labute approximate surface area is 239 Å². The van der Waals surface area contributed by atoms with Crippen LogP contribution in [0.4, 0.5) is 0 Å². The van der Waals surface area contributed by atoms with Crippen molar-refractivity contribution in [2.24, 2.45) is 0 Å². The molecule has 5 heteroatoms. The fourth-order valence-corrected chi connectivity index (χ4v) is 5.26. The predicted molar refractivity (Wildman–Crippen MR) is 160 cm³/mol. The molecule has 0 saturated heterocycles. The fourth-order valence-electron chi connectivity index (χ4n) is 5.26. The second-order valence-electron chi connectivity index (χ2n) is 10.1. The molecule has 0 amide bonds. The Balaban J connectivity index is 1.36. The normalized spacial score (nSPS) is 14.0. The van der Waals surface area contributed by atoms with Crippen molar-refractivity contribution in [3.63, 3.8) is 0 Å². The van der Waals surface area contributed by atoms with Crippen molar-refractivity contribution in [2.75, 3.05) is 13.2 Å². The van der Waals surface area contributed by atoms with Crippen LogP contribution >= 0.6 is 0 Å². The van der Waals surface area contributed by atoms with E-state index in [0.717, 1.165) is 50.3 Å². The number of aliphatic hydroxyl groups excluding tert-OH is 2. The van der Waals surface area contributed by atoms with E-state index in [0.29, 0.717) is 18.6 Å². The molecule has 5 aromatic rings. The van der Waals surface area contributed by atoms with Gasteiger partial charge in [0.15, 0.2) is 0 Å². The van der Waals surface area contributed by atoms with Crippen LogP contribution in [-0.4, -0.2) is 23.4 Å². The summed E-state index contributed by atoms with van der Waals surface area (Å²) < 4.78 is 19.1. The summed E-state index contributed by atoms with van der Waals surface area (Å²) in [4.78, 5) is 0. The highest BCUT2D eigenvalue weighted by Crippen LogP contribution is 2.45. The molecule has 0 fully saturated rings. The van der Waals surface area contributed by atoms with Crippen LogP contribution in [-0.2, 0) is 12.8 Å². The number of para-hydroxylation sites is 1. The lowest BCUT2D eigenvalue weighted by molar-refractivity contribution is 0.106. The molecular formula is C36H32O5. The van der Waals surface area contributed by atoms with Crippen molar-refractivity contribution in [1.82, 2.24) is 0 Å². The average molecular weight is 545 g/mol. The van der Waals surface area contributed by atoms with E-state index in [2.05, 4.69) is 6.08 Å². The second-order valence-corrected chi connectivity index (χ2v) is 10.1. The fraction of sp³-hybridized carbons (Fsp3) is 0.167. The molecule has 0 saturated carbocycles. The summed E-state index contributed by atoms with van der Waals surface area (Å²) >= 11 is 0. The van der Waals surface area contributed by atoms with Gasteiger partial charge in [0, 0.05) is 28.3 Å². The average Bonchev–Trinajstić information content (AvgIpc) is 3.03. The monoisotopic (exact) mass is 544 g/mol. The highest BCUT2D eigenvalue weighted by Gasteiger charge is 2.26. The molecule has 6 rings (SSSR count). The molecule has 5 aromatic carbocycles. The molecule has 2 unspecified atom stereocenters. The van der Waals surface area contributed by atoms with Gasteiger partial charge in [-0.3, -0.25) is 0 Å². The lowest BCUT2D eigenvalue weighted by atomic mass is 9.89. The van der Waals surface area contributed by atoms with Crippen molar-refractivity contribution in [1.29, 1.82) is 0 Å². The first-order valence-electron chi connectivity index (χ1n) is 13.9. The molecule has 0 bridgehead atoms. The van der Waals surface area contributed by atoms with Gasteiger partial charge in [-0.15, -0.1) is 0 Å². The van der Waals surface area contributed by atoms with E-state index >= 15 is 0 Å². The van der Waals surface area contributed by atoms with E-state index in [1.54, 1.807) is 0 Å². The third-order valence-corrected chi connectivity index (χ3v) is 7.35. The molecule has 2 atom stereocenters. The van der Waals surface area contributed by atoms with Crippen LogP contribution in [0, 0.1) is 0 Å². The summed E-state index contributed by atoms with van der Waals surface area (Å²) in [5, 5.41) is 23.5. The first-order chi connectivity index (χ1) is 20.2. The van der Waals surface area contributed by atoms with Gasteiger partial charge < -0.3 is 24.4 Å². The lowest BCUT2D eigenvalue weighted by Gasteiger charge is -2.27. The van der Waals surface area contributed by atoms with Crippen LogP contribution in [0.15, 0.2) is 127 Å². The molecule has 5 nitrogen and oxygen atoms in total. The third-order valence-electron chi connectivity index (χ3n) is 7.35. The Hall–Kier alpha value is -4.58. The summed E-state index contributed by atoms with van der Waals surface area (Å²) in [6, 6.07) is 36.8. The highest BCUT2D eigenvalue weighted by molar-refractivity contribution is 5.96. The lowest BCUT2D eigenvalue weighted by Crippen LogP contribution is -2.17. The predicted octanol–water partition coefficient (Wildman–Crippen LogP) is 7.13. The van der Waals surface area contributed by atoms with Crippen LogP contribution in [0.3, 0.4) is 0 Å². The maximum absolute atomic E-state index is 10.9. The van der Waals surface area contributed by atoms with E-state index in [1.165, 1.54) is 0 Å². The van der Waals surface area contributed by atoms with E-state index < -0.39 is 12.2 Å². The first kappa shape index (κ1) is 26.6. The molecule has 0 aliphatic heterocycles. The summed E-state index contributed by atoms with van der Waals surface area (Å²) in [6.45, 7) is 0.219. The maximum Gasteiger partial charge on any atom is 0.131 e. The van der Waals surface area contributed by atoms with Gasteiger partial charge in [0.25, 0.3) is 0 Å². The Bertz CT molecular complexity index is 1630. The van der Waals surface area contributed by atoms with Gasteiger partial charge in [0.05, 0.1) is 0 Å². The summed E-state index contributed by atoms with van der Waals surface area (Å²) in [5.41, 5.74) is 3.56. The summed E-state index contributed by atoms with van der Waals surface area (Å²) in [7, 11) is 0. The number of ether oxygens (including phenoxy) is 3. The summed E-state index contributed by atoms with van der Waals surface area (Å²) in [5.74, 6) is 3.04. The summed E-state index contributed by atoms with van der Waals surface area (Å²) in [6.07, 6.45) is 1.62. The van der Waals surface area contributed by atoms with Gasteiger partial charge in [-0.25, -0.2) is 0 Å². The number of rotatable bonds is 10. The number of allylic oxidation sites excluding steroid dienone is 2. The van der Waals surface area contributed by atoms with Crippen molar-refractivity contribution >= 4 is 10.8 Å². The Morgan fingerprint density at radius 3 is 1.56 bits per heavy atom. The molecule has 1 aliphatic carbocycles. The zero-order valence-corrected chi connectivity index (χ0v) is 22.6. The van der Waals surface area contributed by atoms with Crippen molar-refractivity contribution in [2.45, 2.75) is 25.0 Å². The van der Waals surface area contributed by atoms with E-state index in [4.69, 9.17) is 14.2 Å². The number of benzene rings is 5. The molecule has 0 radical (unpaired) electrons. The van der Waals surface area contributed by atoms with Gasteiger partial charge in [-0.2, -0.15) is 0 Å². The van der Waals surface area contributed by atoms with Crippen LogP contribution < -0.4 is 14.2 Å². The second kappa shape index (κ2) is 12.3. The molecule has 2 N–H and O–H groups in total. The minimum Gasteiger partial charge on any atom is -0.490 e. The molecule has 0 aromatic heterocycles. The van der Waals surface area contributed by atoms with Crippen LogP contribution in [0.2, 0.25) is 0 Å². The number of aliphatic hydroxyl groups is 2. The highest BCUT2D eigenvalue weighted by atomic mass is 16.5. The molecular weight excluding hydrogens is 512 g/mol. The quantitative estimate of drug-likeness (QED) is 0.196. The number of hydrogen-bond acceptors (Lipinski definition) is 5. The van der Waals surface area contributed by atoms with Gasteiger partial charge in [0.2, 0.25) is 0 Å². The topological polar surface area (TPSA) is 68.2 Å². The molecule has 206 valence electrons. The van der Waals surface area contributed by atoms with Gasteiger partial charge in [-0.05, 0) is 35.8 Å². The third kappa shape index (κ3) is 5.97. The van der Waals surface area contributed by atoms with E-state index in [-0.39, 0.29) is 13.2 Å². The van der Waals surface area contributed by atoms with E-state index in [1.807, 2.05) is 115 Å². The Morgan fingerprint density at radius 2 is 1.02 bits per heavy atom. The van der Waals surface area contributed by atoms with E-state index in [9.17, 15) is 10.2 Å². The number of hydrogen-bond donors (Lipinski definition) is 2. The zero-order valence-electron chi connectivity index (χ0n) is 22.6. The van der Waals surface area contributed by atoms with Crippen molar-refractivity contribution < 1.29 is 24.4 Å². The molecule has 0 heterocycles. The van der Waals surface area contributed by atoms with Crippen LogP contribution in [0.1, 0.15) is 34.5 Å². The van der Waals surface area contributed by atoms with Crippen molar-refractivity contribution in [3.8, 4) is 17.2 Å². The Morgan fingerprint density at radius 1 is 0.561 bits per heavy atom. The number of fused-ring (bicyclic) bond motifs is 2. The van der Waals surface area contributed by atoms with Gasteiger partial charge >= 0.3 is 0 Å². The molecule has 0 spiro atoms. The molecule has 1 aliphatic rings. The smallest absolute Gasteiger partial charge is 0.131 e. The minimum absolute atomic E-state index is 0.103. The van der Waals surface area contributed by atoms with Gasteiger partial charge in [0.1, 0.15) is 48.4 Å². The van der Waals surface area contributed by atoms with Crippen LogP contribution in [0.5, 0.6) is 17.2 Å². The van der Waals surface area contributed by atoms with Crippen LogP contribution in [0.25, 0.3) is 10.8 Å². The zero-order chi connectivity index (χ0) is 28.0. The largest absolute Gasteiger partial charge is 0.490 e. The minimum atomic E-state index is -0.776. The van der Waals surface area contributed by atoms with Gasteiger partial charge in [-0.1, -0.05) is 103 Å². The molecule has 41 heavy (non-hydrogen) atoms. The van der Waals surface area contributed by atoms with Crippen molar-refractivity contribution in [3.05, 3.63) is 149 Å². The standard InChI is InChI=1S/C36H32O5/c37-33(25-12-4-1-5-13-25)23-39-35-29-18-10-11-19-30(29)36(40-24-34(38)26-14-6-2-7-15-26)32-22-28(20-21-31(32)35)41-27-16-8-3-9-17-27/h1-20,33-34,37-38H,21-24H2. The Kier molecular flexibility index (Phi) is 7.99.